The van der Waals surface area contributed by atoms with E-state index in [1.165, 1.54) is 0 Å². The Bertz CT molecular complexity index is 211. The molecule has 0 saturated carbocycles. The first kappa shape index (κ1) is 12.0. The van der Waals surface area contributed by atoms with E-state index in [0.717, 1.165) is 19.3 Å². The molecule has 0 bridgehead atoms. The van der Waals surface area contributed by atoms with Crippen molar-refractivity contribution in [1.82, 2.24) is 0 Å². The van der Waals surface area contributed by atoms with Crippen LogP contribution < -0.4 is 0 Å². The molecule has 0 aliphatic carbocycles. The molecule has 0 unspecified atom stereocenters. The van der Waals surface area contributed by atoms with Crippen molar-refractivity contribution < 1.29 is 0 Å². The summed E-state index contributed by atoms with van der Waals surface area (Å²) in [6.07, 6.45) is 2.56. The maximum atomic E-state index is 5.39. The SMILES string of the molecule is ClCC#CCCCC#CC(Cl)Cl. The summed E-state index contributed by atoms with van der Waals surface area (Å²) < 4.78 is 0. The zero-order chi connectivity index (χ0) is 9.23. The van der Waals surface area contributed by atoms with Crippen molar-refractivity contribution in [2.75, 3.05) is 5.88 Å². The van der Waals surface area contributed by atoms with Crippen LogP contribution in [0.15, 0.2) is 0 Å². The van der Waals surface area contributed by atoms with Crippen molar-refractivity contribution in [1.29, 1.82) is 0 Å². The molecular formula is C9H9Cl3. The first-order chi connectivity index (χ1) is 5.77. The third-order valence-electron chi connectivity index (χ3n) is 1.01. The summed E-state index contributed by atoms with van der Waals surface area (Å²) in [4.78, 5) is -0.570. The van der Waals surface area contributed by atoms with Crippen LogP contribution in [0.5, 0.6) is 0 Å². The van der Waals surface area contributed by atoms with Crippen LogP contribution in [0.2, 0.25) is 0 Å². The van der Waals surface area contributed by atoms with E-state index in [1.54, 1.807) is 0 Å². The number of unbranched alkanes of at least 4 members (excludes halogenated alkanes) is 2. The molecule has 0 nitrogen and oxygen atoms in total. The molecule has 0 radical (unpaired) electrons. The summed E-state index contributed by atoms with van der Waals surface area (Å²) >= 11 is 16.1. The van der Waals surface area contributed by atoms with Crippen LogP contribution in [0.4, 0.5) is 0 Å². The molecule has 0 heterocycles. The van der Waals surface area contributed by atoms with Gasteiger partial charge in [-0.05, 0) is 6.42 Å². The maximum absolute atomic E-state index is 5.39. The molecule has 0 aromatic carbocycles. The average molecular weight is 224 g/mol. The third kappa shape index (κ3) is 9.99. The summed E-state index contributed by atoms with van der Waals surface area (Å²) in [6.45, 7) is 0. The molecule has 66 valence electrons. The Morgan fingerprint density at radius 3 is 2.25 bits per heavy atom. The number of hydrogen-bond donors (Lipinski definition) is 0. The van der Waals surface area contributed by atoms with E-state index < -0.39 is 4.84 Å². The fraction of sp³-hybridized carbons (Fsp3) is 0.556. The van der Waals surface area contributed by atoms with Crippen molar-refractivity contribution in [2.45, 2.75) is 24.1 Å². The standard InChI is InChI=1S/C9H9Cl3/c10-8-6-4-2-1-3-5-7-9(11)12/h9H,1-3,8H2. The summed E-state index contributed by atoms with van der Waals surface area (Å²) in [5, 5.41) is 0. The zero-order valence-corrected chi connectivity index (χ0v) is 8.81. The highest BCUT2D eigenvalue weighted by atomic mass is 35.5. The molecule has 0 rings (SSSR count). The van der Waals surface area contributed by atoms with Crippen LogP contribution >= 0.6 is 34.8 Å². The van der Waals surface area contributed by atoms with Crippen LogP contribution in [0.3, 0.4) is 0 Å². The van der Waals surface area contributed by atoms with E-state index in [0.29, 0.717) is 5.88 Å². The van der Waals surface area contributed by atoms with Gasteiger partial charge in [0.15, 0.2) is 4.84 Å². The molecule has 0 aromatic rings. The second-order valence-electron chi connectivity index (χ2n) is 1.96. The number of rotatable bonds is 2. The van der Waals surface area contributed by atoms with E-state index in [4.69, 9.17) is 34.8 Å². The van der Waals surface area contributed by atoms with Gasteiger partial charge in [-0.15, -0.1) is 23.4 Å². The van der Waals surface area contributed by atoms with Gasteiger partial charge in [-0.3, -0.25) is 0 Å². The second kappa shape index (κ2) is 9.08. The van der Waals surface area contributed by atoms with Gasteiger partial charge in [-0.25, -0.2) is 0 Å². The molecule has 0 atom stereocenters. The largest absolute Gasteiger partial charge is 0.167 e. The van der Waals surface area contributed by atoms with Gasteiger partial charge in [0.1, 0.15) is 0 Å². The average Bonchev–Trinajstić information content (AvgIpc) is 2.02. The highest BCUT2D eigenvalue weighted by Crippen LogP contribution is 1.99. The molecule has 0 aliphatic heterocycles. The lowest BCUT2D eigenvalue weighted by atomic mass is 10.2. The monoisotopic (exact) mass is 222 g/mol. The van der Waals surface area contributed by atoms with E-state index in [9.17, 15) is 0 Å². The highest BCUT2D eigenvalue weighted by molar-refractivity contribution is 6.46. The van der Waals surface area contributed by atoms with E-state index >= 15 is 0 Å². The number of alkyl halides is 3. The minimum absolute atomic E-state index is 0.400. The summed E-state index contributed by atoms with van der Waals surface area (Å²) in [5.74, 6) is 11.6. The van der Waals surface area contributed by atoms with Crippen LogP contribution in [-0.2, 0) is 0 Å². The van der Waals surface area contributed by atoms with Gasteiger partial charge >= 0.3 is 0 Å². The zero-order valence-electron chi connectivity index (χ0n) is 6.54. The fourth-order valence-electron chi connectivity index (χ4n) is 0.550. The number of hydrogen-bond acceptors (Lipinski definition) is 0. The van der Waals surface area contributed by atoms with Crippen LogP contribution in [-0.4, -0.2) is 10.7 Å². The Morgan fingerprint density at radius 1 is 1.00 bits per heavy atom. The Labute approximate surface area is 88.6 Å². The molecule has 0 spiro atoms. The smallest absolute Gasteiger partial charge is 0.113 e. The van der Waals surface area contributed by atoms with Gasteiger partial charge < -0.3 is 0 Å². The molecule has 3 heteroatoms. The van der Waals surface area contributed by atoms with E-state index in [-0.39, 0.29) is 0 Å². The van der Waals surface area contributed by atoms with Gasteiger partial charge in [0.2, 0.25) is 0 Å². The quantitative estimate of drug-likeness (QED) is 0.383. The normalized spacial score (nSPS) is 8.33. The maximum Gasteiger partial charge on any atom is 0.167 e. The van der Waals surface area contributed by atoms with Crippen LogP contribution in [0.25, 0.3) is 0 Å². The van der Waals surface area contributed by atoms with Crippen molar-refractivity contribution >= 4 is 34.8 Å². The van der Waals surface area contributed by atoms with Crippen molar-refractivity contribution in [2.24, 2.45) is 0 Å². The summed E-state index contributed by atoms with van der Waals surface area (Å²) in [6, 6.07) is 0. The lowest BCUT2D eigenvalue weighted by Crippen LogP contribution is -1.77. The first-order valence-corrected chi connectivity index (χ1v) is 4.96. The van der Waals surface area contributed by atoms with Crippen LogP contribution in [0, 0.1) is 23.7 Å². The van der Waals surface area contributed by atoms with E-state index in [2.05, 4.69) is 23.7 Å². The van der Waals surface area contributed by atoms with Crippen molar-refractivity contribution in [3.8, 4) is 23.7 Å². The second-order valence-corrected chi connectivity index (χ2v) is 3.33. The minimum Gasteiger partial charge on any atom is -0.113 e. The molecule has 0 aliphatic rings. The van der Waals surface area contributed by atoms with Crippen molar-refractivity contribution in [3.05, 3.63) is 0 Å². The van der Waals surface area contributed by atoms with E-state index in [1.807, 2.05) is 0 Å². The summed E-state index contributed by atoms with van der Waals surface area (Å²) in [7, 11) is 0. The van der Waals surface area contributed by atoms with Gasteiger partial charge in [-0.1, -0.05) is 35.0 Å². The predicted octanol–water partition coefficient (Wildman–Crippen LogP) is 3.21. The molecule has 12 heavy (non-hydrogen) atoms. The lowest BCUT2D eigenvalue weighted by molar-refractivity contribution is 0.903. The Balaban J connectivity index is 3.29. The molecule has 0 saturated heterocycles. The third-order valence-corrected chi connectivity index (χ3v) is 1.36. The van der Waals surface area contributed by atoms with Gasteiger partial charge in [0.05, 0.1) is 5.88 Å². The highest BCUT2D eigenvalue weighted by Gasteiger charge is 1.86. The lowest BCUT2D eigenvalue weighted by Gasteiger charge is -1.85. The van der Waals surface area contributed by atoms with Crippen LogP contribution in [0.1, 0.15) is 19.3 Å². The summed E-state index contributed by atoms with van der Waals surface area (Å²) in [5.41, 5.74) is 0. The van der Waals surface area contributed by atoms with Crippen molar-refractivity contribution in [3.63, 3.8) is 0 Å². The Kier molecular flexibility index (Phi) is 9.07. The first-order valence-electron chi connectivity index (χ1n) is 3.55. The molecule has 0 fully saturated rings. The molecular weight excluding hydrogens is 214 g/mol. The minimum atomic E-state index is -0.570. The molecule has 0 amide bonds. The number of halogens is 3. The van der Waals surface area contributed by atoms with Gasteiger partial charge in [0, 0.05) is 12.8 Å². The molecule has 0 aromatic heterocycles. The Morgan fingerprint density at radius 2 is 1.67 bits per heavy atom. The molecule has 0 N–H and O–H groups in total. The fourth-order valence-corrected chi connectivity index (χ4v) is 0.799. The topological polar surface area (TPSA) is 0 Å². The van der Waals surface area contributed by atoms with Gasteiger partial charge in [-0.2, -0.15) is 0 Å². The predicted molar refractivity (Wildman–Crippen MR) is 55.6 cm³/mol. The Hall–Kier alpha value is -0.0100. The van der Waals surface area contributed by atoms with Gasteiger partial charge in [0.25, 0.3) is 0 Å².